The van der Waals surface area contributed by atoms with Crippen molar-refractivity contribution in [1.82, 2.24) is 10.5 Å². The first kappa shape index (κ1) is 9.37. The quantitative estimate of drug-likeness (QED) is 0.763. The van der Waals surface area contributed by atoms with Crippen LogP contribution < -0.4 is 10.5 Å². The van der Waals surface area contributed by atoms with E-state index in [4.69, 9.17) is 11.6 Å². The summed E-state index contributed by atoms with van der Waals surface area (Å²) < 4.78 is 0. The van der Waals surface area contributed by atoms with E-state index in [-0.39, 0.29) is 0 Å². The lowest BCUT2D eigenvalue weighted by Crippen LogP contribution is -2.36. The van der Waals surface area contributed by atoms with Gasteiger partial charge in [0.15, 0.2) is 0 Å². The van der Waals surface area contributed by atoms with E-state index in [0.29, 0.717) is 0 Å². The third-order valence-electron chi connectivity index (χ3n) is 2.05. The fraction of sp³-hybridized carbons (Fsp3) is 0.200. The van der Waals surface area contributed by atoms with Crippen molar-refractivity contribution < 1.29 is 0 Å². The molecular weight excluding hydrogens is 198 g/mol. The molecule has 73 valence electrons. The number of hydrazine groups is 2. The Morgan fingerprint density at radius 1 is 1.43 bits per heavy atom. The lowest BCUT2D eigenvalue weighted by molar-refractivity contribution is 0.358. The lowest BCUT2D eigenvalue weighted by Gasteiger charge is -2.19. The van der Waals surface area contributed by atoms with Gasteiger partial charge >= 0.3 is 0 Å². The van der Waals surface area contributed by atoms with Crippen molar-refractivity contribution >= 4 is 17.3 Å². The molecule has 0 unspecified atom stereocenters. The molecule has 0 fully saturated rings. The Hall–Kier alpha value is -1.19. The van der Waals surface area contributed by atoms with Crippen molar-refractivity contribution in [2.75, 3.05) is 12.1 Å². The highest BCUT2D eigenvalue weighted by molar-refractivity contribution is 6.31. The van der Waals surface area contributed by atoms with E-state index in [1.807, 2.05) is 43.4 Å². The third-order valence-corrected chi connectivity index (χ3v) is 2.46. The highest BCUT2D eigenvalue weighted by atomic mass is 35.5. The van der Waals surface area contributed by atoms with Gasteiger partial charge in [0.2, 0.25) is 0 Å². The molecule has 0 amide bonds. The summed E-state index contributed by atoms with van der Waals surface area (Å²) in [6, 6.07) is 5.89. The second kappa shape index (κ2) is 3.52. The zero-order valence-corrected chi connectivity index (χ0v) is 8.84. The summed E-state index contributed by atoms with van der Waals surface area (Å²) in [6.45, 7) is 1.98. The van der Waals surface area contributed by atoms with Crippen LogP contribution in [0.15, 0.2) is 24.4 Å². The fourth-order valence-corrected chi connectivity index (χ4v) is 1.39. The van der Waals surface area contributed by atoms with Crippen LogP contribution in [-0.4, -0.2) is 12.1 Å². The predicted molar refractivity (Wildman–Crippen MR) is 57.4 cm³/mol. The molecule has 1 aromatic rings. The zero-order chi connectivity index (χ0) is 10.1. The molecule has 1 heterocycles. The van der Waals surface area contributed by atoms with Crippen LogP contribution in [-0.2, 0) is 0 Å². The van der Waals surface area contributed by atoms with Crippen LogP contribution in [0.1, 0.15) is 5.56 Å². The molecule has 0 aromatic heterocycles. The maximum absolute atomic E-state index is 6.02. The molecule has 4 heteroatoms. The van der Waals surface area contributed by atoms with E-state index in [2.05, 4.69) is 11.7 Å². The molecule has 2 rings (SSSR count). The molecule has 3 nitrogen and oxygen atoms in total. The van der Waals surface area contributed by atoms with Gasteiger partial charge in [0.05, 0.1) is 5.69 Å². The number of rotatable bonds is 1. The van der Waals surface area contributed by atoms with Crippen LogP contribution in [0.25, 0.3) is 0 Å². The van der Waals surface area contributed by atoms with Gasteiger partial charge in [-0.1, -0.05) is 17.7 Å². The summed E-state index contributed by atoms with van der Waals surface area (Å²) in [4.78, 5) is 0. The lowest BCUT2D eigenvalue weighted by atomic mass is 10.2. The summed E-state index contributed by atoms with van der Waals surface area (Å²) in [5.74, 6) is 0. The summed E-state index contributed by atoms with van der Waals surface area (Å²) in [5, 5.41) is 4.36. The Morgan fingerprint density at radius 2 is 2.21 bits per heavy atom. The minimum Gasteiger partial charge on any atom is -0.299 e. The first-order valence-corrected chi connectivity index (χ1v) is 4.69. The van der Waals surface area contributed by atoms with Crippen molar-refractivity contribution in [2.24, 2.45) is 0 Å². The molecule has 0 spiro atoms. The second-order valence-electron chi connectivity index (χ2n) is 3.24. The van der Waals surface area contributed by atoms with Crippen molar-refractivity contribution in [1.29, 1.82) is 0 Å². The number of aryl methyl sites for hydroxylation is 1. The Morgan fingerprint density at radius 3 is 2.79 bits per heavy atom. The number of anilines is 1. The number of benzene rings is 1. The Bertz CT molecular complexity index is 376. The van der Waals surface area contributed by atoms with E-state index < -0.39 is 0 Å². The molecule has 0 bridgehead atoms. The minimum absolute atomic E-state index is 0.764. The monoisotopic (exact) mass is 208 g/mol. The standard InChI is InChI=1S/C10H11ClN3/c1-8-3-4-9(7-10(8)11)14-6-5-13(2)12-14/h3-5,7,12H,1-2H3. The topological polar surface area (TPSA) is 18.5 Å². The molecule has 1 aliphatic heterocycles. The first-order chi connectivity index (χ1) is 6.66. The predicted octanol–water partition coefficient (Wildman–Crippen LogP) is 2.09. The molecule has 1 aromatic carbocycles. The van der Waals surface area contributed by atoms with Gasteiger partial charge in [0.25, 0.3) is 0 Å². The van der Waals surface area contributed by atoms with Gasteiger partial charge in [-0.15, -0.1) is 5.53 Å². The van der Waals surface area contributed by atoms with Gasteiger partial charge in [-0.25, -0.2) is 0 Å². The number of nitrogens with zero attached hydrogens (tertiary/aromatic N) is 2. The fourth-order valence-electron chi connectivity index (χ4n) is 1.21. The minimum atomic E-state index is 0.764. The van der Waals surface area contributed by atoms with E-state index in [0.717, 1.165) is 16.3 Å². The molecule has 0 saturated heterocycles. The highest BCUT2D eigenvalue weighted by Gasteiger charge is 2.11. The average molecular weight is 209 g/mol. The maximum atomic E-state index is 6.02. The largest absolute Gasteiger partial charge is 0.299 e. The zero-order valence-electron chi connectivity index (χ0n) is 8.08. The van der Waals surface area contributed by atoms with Gasteiger partial charge < -0.3 is 0 Å². The van der Waals surface area contributed by atoms with Crippen LogP contribution in [0.4, 0.5) is 5.69 Å². The van der Waals surface area contributed by atoms with Gasteiger partial charge in [-0.2, -0.15) is 0 Å². The summed E-state index contributed by atoms with van der Waals surface area (Å²) in [7, 11) is 1.91. The number of hydrogen-bond acceptors (Lipinski definition) is 3. The molecule has 0 aliphatic carbocycles. The van der Waals surface area contributed by atoms with Crippen LogP contribution in [0, 0.1) is 13.1 Å². The van der Waals surface area contributed by atoms with Gasteiger partial charge in [0.1, 0.15) is 6.20 Å². The van der Waals surface area contributed by atoms with Gasteiger partial charge in [0, 0.05) is 18.3 Å². The summed E-state index contributed by atoms with van der Waals surface area (Å²) >= 11 is 6.02. The Labute approximate surface area is 88.5 Å². The van der Waals surface area contributed by atoms with E-state index in [1.54, 1.807) is 5.01 Å². The van der Waals surface area contributed by atoms with E-state index >= 15 is 0 Å². The Kier molecular flexibility index (Phi) is 2.35. The van der Waals surface area contributed by atoms with E-state index in [1.165, 1.54) is 0 Å². The molecular formula is C10H11ClN3. The number of nitrogens with one attached hydrogen (secondary N) is 1. The normalized spacial score (nSPS) is 15.4. The first-order valence-electron chi connectivity index (χ1n) is 4.32. The van der Waals surface area contributed by atoms with Gasteiger partial charge in [-0.05, 0) is 24.6 Å². The van der Waals surface area contributed by atoms with Gasteiger partial charge in [-0.3, -0.25) is 10.0 Å². The van der Waals surface area contributed by atoms with Crippen LogP contribution in [0.5, 0.6) is 0 Å². The van der Waals surface area contributed by atoms with Crippen LogP contribution >= 0.6 is 11.6 Å². The summed E-state index contributed by atoms with van der Waals surface area (Å²) in [6.07, 6.45) is 4.85. The highest BCUT2D eigenvalue weighted by Crippen LogP contribution is 2.23. The molecule has 0 saturated carbocycles. The van der Waals surface area contributed by atoms with Crippen molar-refractivity contribution in [3.63, 3.8) is 0 Å². The van der Waals surface area contributed by atoms with Crippen molar-refractivity contribution in [2.45, 2.75) is 6.92 Å². The van der Waals surface area contributed by atoms with E-state index in [9.17, 15) is 0 Å². The van der Waals surface area contributed by atoms with Crippen LogP contribution in [0.2, 0.25) is 5.02 Å². The Balaban J connectivity index is 2.25. The molecule has 1 radical (unpaired) electrons. The maximum Gasteiger partial charge on any atom is 0.104 e. The summed E-state index contributed by atoms with van der Waals surface area (Å²) in [5.41, 5.74) is 5.11. The SMILES string of the molecule is Cc1ccc(N2[C]=CN(C)N2)cc1Cl. The van der Waals surface area contributed by atoms with Crippen LogP contribution in [0.3, 0.4) is 0 Å². The molecule has 0 atom stereocenters. The molecule has 1 N–H and O–H groups in total. The smallest absolute Gasteiger partial charge is 0.104 e. The average Bonchev–Trinajstić information content (AvgIpc) is 2.57. The molecule has 14 heavy (non-hydrogen) atoms. The second-order valence-corrected chi connectivity index (χ2v) is 3.65. The number of hydrogen-bond donors (Lipinski definition) is 1. The van der Waals surface area contributed by atoms with Crippen molar-refractivity contribution in [3.8, 4) is 0 Å². The van der Waals surface area contributed by atoms with Crippen molar-refractivity contribution in [3.05, 3.63) is 41.2 Å². The number of halogens is 1. The third kappa shape index (κ3) is 1.69. The molecule has 1 aliphatic rings.